The first-order valence-electron chi connectivity index (χ1n) is 10.1. The second-order valence-corrected chi connectivity index (χ2v) is 9.95. The Morgan fingerprint density at radius 2 is 2.10 bits per heavy atom. The van der Waals surface area contributed by atoms with Crippen molar-refractivity contribution in [2.75, 3.05) is 18.8 Å². The number of carbonyl (C=O) groups is 1. The van der Waals surface area contributed by atoms with E-state index in [4.69, 9.17) is 18.9 Å². The highest BCUT2D eigenvalue weighted by Crippen LogP contribution is 2.39. The largest absolute Gasteiger partial charge is 0.444 e. The summed E-state index contributed by atoms with van der Waals surface area (Å²) in [5, 5.41) is 17.5. The van der Waals surface area contributed by atoms with Gasteiger partial charge in [-0.05, 0) is 47.5 Å². The van der Waals surface area contributed by atoms with E-state index in [0.29, 0.717) is 13.1 Å². The molecule has 0 aromatic carbocycles. The molecule has 10 heteroatoms. The number of carbonyl (C=O) groups excluding carboxylic acids is 1. The Balaban J connectivity index is 1.33. The highest BCUT2D eigenvalue weighted by atomic mass is 32.2. The molecule has 9 nitrogen and oxygen atoms in total. The van der Waals surface area contributed by atoms with E-state index in [1.807, 2.05) is 34.6 Å². The molecule has 0 bridgehead atoms. The molecule has 0 aromatic heterocycles. The van der Waals surface area contributed by atoms with Gasteiger partial charge in [0.25, 0.3) is 0 Å². The minimum atomic E-state index is -0.738. The van der Waals surface area contributed by atoms with E-state index in [-0.39, 0.29) is 12.1 Å². The van der Waals surface area contributed by atoms with Gasteiger partial charge in [0.2, 0.25) is 0 Å². The van der Waals surface area contributed by atoms with Crippen molar-refractivity contribution < 1.29 is 28.8 Å². The normalized spacial score (nSPS) is 34.8. The first-order chi connectivity index (χ1) is 13.5. The Morgan fingerprint density at radius 3 is 2.79 bits per heavy atom. The quantitative estimate of drug-likeness (QED) is 0.544. The third-order valence-corrected chi connectivity index (χ3v) is 5.71. The molecule has 3 aliphatic rings. The maximum atomic E-state index is 11.6. The molecule has 0 unspecified atom stereocenters. The van der Waals surface area contributed by atoms with E-state index >= 15 is 0 Å². The first-order valence-corrected chi connectivity index (χ1v) is 11.1. The Kier molecular flexibility index (Phi) is 6.99. The van der Waals surface area contributed by atoms with Crippen molar-refractivity contribution in [3.8, 4) is 0 Å². The molecule has 0 aromatic rings. The van der Waals surface area contributed by atoms with Crippen LogP contribution in [0.4, 0.5) is 4.79 Å². The summed E-state index contributed by atoms with van der Waals surface area (Å²) in [4.78, 5) is 16.1. The summed E-state index contributed by atoms with van der Waals surface area (Å²) in [6.45, 7) is 10.4. The number of fused-ring (bicyclic) bond motifs is 1. The average molecular weight is 432 g/mol. The molecule has 3 heterocycles. The lowest BCUT2D eigenvalue weighted by Crippen LogP contribution is -2.46. The van der Waals surface area contributed by atoms with Crippen LogP contribution in [0.15, 0.2) is 4.99 Å². The van der Waals surface area contributed by atoms with Gasteiger partial charge in [-0.15, -0.1) is 0 Å². The Bertz CT molecular complexity index is 624. The fourth-order valence-electron chi connectivity index (χ4n) is 3.45. The number of unbranched alkanes of at least 4 members (excludes halogenated alkanes) is 1. The van der Waals surface area contributed by atoms with Crippen LogP contribution in [-0.4, -0.2) is 77.2 Å². The van der Waals surface area contributed by atoms with Gasteiger partial charge in [0, 0.05) is 18.8 Å². The summed E-state index contributed by atoms with van der Waals surface area (Å²) in [6.07, 6.45) is -0.832. The van der Waals surface area contributed by atoms with Crippen molar-refractivity contribution >= 4 is 23.0 Å². The number of aliphatic imine (C=N–C) groups is 1. The maximum absolute atomic E-state index is 11.6. The van der Waals surface area contributed by atoms with Crippen LogP contribution in [0.2, 0.25) is 0 Å². The van der Waals surface area contributed by atoms with E-state index in [9.17, 15) is 9.90 Å². The zero-order valence-electron chi connectivity index (χ0n) is 17.8. The van der Waals surface area contributed by atoms with Crippen molar-refractivity contribution in [3.63, 3.8) is 0 Å². The summed E-state index contributed by atoms with van der Waals surface area (Å²) < 4.78 is 22.5. The topological polar surface area (TPSA) is 111 Å². The number of aliphatic hydroxyl groups excluding tert-OH is 1. The van der Waals surface area contributed by atoms with Crippen molar-refractivity contribution in [1.29, 1.82) is 0 Å². The minimum Gasteiger partial charge on any atom is -0.444 e. The van der Waals surface area contributed by atoms with Gasteiger partial charge in [0.05, 0.1) is 6.04 Å². The van der Waals surface area contributed by atoms with Crippen LogP contribution in [0.1, 0.15) is 47.5 Å². The van der Waals surface area contributed by atoms with E-state index in [1.54, 1.807) is 11.8 Å². The van der Waals surface area contributed by atoms with E-state index in [2.05, 4.69) is 15.6 Å². The second kappa shape index (κ2) is 8.97. The van der Waals surface area contributed by atoms with E-state index in [0.717, 1.165) is 23.8 Å². The molecular weight excluding hydrogens is 398 g/mol. The number of aliphatic hydroxyl groups is 1. The number of alkyl carbamates (subject to hydrolysis) is 1. The van der Waals surface area contributed by atoms with E-state index in [1.165, 1.54) is 0 Å². The number of nitrogens with zero attached hydrogens (tertiary/aromatic N) is 1. The third kappa shape index (κ3) is 6.21. The SMILES string of the molecule is CC(C)(C)OC(=O)NCCCCN=C1N[C@@H]([C@H]2O[C@@H]3OC(C)(C)O[C@@H]3[C@H]2O)CS1. The molecule has 29 heavy (non-hydrogen) atoms. The van der Waals surface area contributed by atoms with Crippen molar-refractivity contribution in [1.82, 2.24) is 10.6 Å². The molecule has 166 valence electrons. The highest BCUT2D eigenvalue weighted by Gasteiger charge is 2.56. The molecule has 3 saturated heterocycles. The average Bonchev–Trinajstić information content (AvgIpc) is 3.24. The zero-order valence-corrected chi connectivity index (χ0v) is 18.6. The molecule has 0 radical (unpaired) electrons. The number of amidine groups is 1. The Morgan fingerprint density at radius 1 is 1.34 bits per heavy atom. The van der Waals surface area contributed by atoms with Gasteiger partial charge >= 0.3 is 6.09 Å². The number of hydrogen-bond acceptors (Lipinski definition) is 8. The Labute approximate surface area is 176 Å². The molecule has 0 spiro atoms. The summed E-state index contributed by atoms with van der Waals surface area (Å²) in [5.74, 6) is 0.0354. The molecule has 5 atom stereocenters. The zero-order chi connectivity index (χ0) is 21.2. The van der Waals surface area contributed by atoms with Crippen LogP contribution in [0.5, 0.6) is 0 Å². The first kappa shape index (κ1) is 22.6. The Hall–Kier alpha value is -1.07. The predicted octanol–water partition coefficient (Wildman–Crippen LogP) is 1.59. The molecule has 3 rings (SSSR count). The molecule has 3 N–H and O–H groups in total. The smallest absolute Gasteiger partial charge is 0.407 e. The van der Waals surface area contributed by atoms with Crippen molar-refractivity contribution in [3.05, 3.63) is 0 Å². The van der Waals surface area contributed by atoms with Gasteiger partial charge in [-0.3, -0.25) is 4.99 Å². The van der Waals surface area contributed by atoms with Gasteiger partial charge < -0.3 is 34.7 Å². The van der Waals surface area contributed by atoms with Crippen LogP contribution in [0.3, 0.4) is 0 Å². The van der Waals surface area contributed by atoms with Gasteiger partial charge in [-0.2, -0.15) is 0 Å². The summed E-state index contributed by atoms with van der Waals surface area (Å²) in [5.41, 5.74) is -0.484. The van der Waals surface area contributed by atoms with Gasteiger partial charge in [-0.1, -0.05) is 11.8 Å². The predicted molar refractivity (Wildman–Crippen MR) is 110 cm³/mol. The van der Waals surface area contributed by atoms with Gasteiger partial charge in [0.15, 0.2) is 17.2 Å². The third-order valence-electron chi connectivity index (χ3n) is 4.67. The number of rotatable bonds is 6. The van der Waals surface area contributed by atoms with Crippen LogP contribution in [0, 0.1) is 0 Å². The lowest BCUT2D eigenvalue weighted by Gasteiger charge is -2.26. The minimum absolute atomic E-state index is 0.0384. The number of thioether (sulfide) groups is 1. The highest BCUT2D eigenvalue weighted by molar-refractivity contribution is 8.14. The molecule has 3 fully saturated rings. The number of nitrogens with one attached hydrogen (secondary N) is 2. The van der Waals surface area contributed by atoms with Crippen LogP contribution >= 0.6 is 11.8 Å². The molecule has 0 aliphatic carbocycles. The fraction of sp³-hybridized carbons (Fsp3) is 0.895. The lowest BCUT2D eigenvalue weighted by atomic mass is 10.1. The molecule has 1 amide bonds. The number of hydrogen-bond donors (Lipinski definition) is 3. The molecule has 3 aliphatic heterocycles. The van der Waals surface area contributed by atoms with Gasteiger partial charge in [0.1, 0.15) is 23.9 Å². The van der Waals surface area contributed by atoms with E-state index < -0.39 is 36.0 Å². The van der Waals surface area contributed by atoms with Crippen molar-refractivity contribution in [2.24, 2.45) is 4.99 Å². The summed E-state index contributed by atoms with van der Waals surface area (Å²) in [7, 11) is 0. The van der Waals surface area contributed by atoms with Crippen LogP contribution in [0.25, 0.3) is 0 Å². The molecule has 0 saturated carbocycles. The molecular formula is C19H33N3O6S. The standard InChI is InChI=1S/C19H33N3O6S/c1-18(2,3)28-17(24)21-9-7-6-8-20-16-22-11(10-29-16)13-12(23)14-15(25-13)27-19(4,5)26-14/h11-15,23H,6-10H2,1-5H3,(H,20,22)(H,21,24)/t11-,12+,13-,14-,15-/m1/s1. The summed E-state index contributed by atoms with van der Waals surface area (Å²) >= 11 is 1.62. The summed E-state index contributed by atoms with van der Waals surface area (Å²) in [6, 6.07) is -0.0384. The lowest BCUT2D eigenvalue weighted by molar-refractivity contribution is -0.216. The number of ether oxygens (including phenoxy) is 4. The van der Waals surface area contributed by atoms with Crippen molar-refractivity contribution in [2.45, 2.75) is 89.5 Å². The number of amides is 1. The maximum Gasteiger partial charge on any atom is 0.407 e. The fourth-order valence-corrected chi connectivity index (χ4v) is 4.48. The van der Waals surface area contributed by atoms with Gasteiger partial charge in [-0.25, -0.2) is 4.79 Å². The van der Waals surface area contributed by atoms with Crippen LogP contribution in [-0.2, 0) is 18.9 Å². The monoisotopic (exact) mass is 431 g/mol. The van der Waals surface area contributed by atoms with Crippen LogP contribution < -0.4 is 10.6 Å². The second-order valence-electron chi connectivity index (χ2n) is 8.94.